The predicted molar refractivity (Wildman–Crippen MR) is 69.6 cm³/mol. The number of hydrogen-bond acceptors (Lipinski definition) is 3. The molecule has 0 saturated carbocycles. The first-order valence-corrected chi connectivity index (χ1v) is 6.02. The summed E-state index contributed by atoms with van der Waals surface area (Å²) >= 11 is 5.83. The van der Waals surface area contributed by atoms with Gasteiger partial charge in [-0.3, -0.25) is 9.69 Å². The number of benzene rings is 1. The number of hydrogen-bond donors (Lipinski definition) is 1. The lowest BCUT2D eigenvalue weighted by Crippen LogP contribution is -2.28. The van der Waals surface area contributed by atoms with Crippen LogP contribution in [0.3, 0.4) is 0 Å². The summed E-state index contributed by atoms with van der Waals surface area (Å²) < 4.78 is 0. The molecule has 94 valence electrons. The summed E-state index contributed by atoms with van der Waals surface area (Å²) in [6, 6.07) is 6.95. The molecule has 0 heterocycles. The van der Waals surface area contributed by atoms with Gasteiger partial charge in [0.1, 0.15) is 0 Å². The van der Waals surface area contributed by atoms with Crippen LogP contribution in [0.1, 0.15) is 23.7 Å². The number of aliphatic hydroxyl groups excluding tert-OH is 1. The van der Waals surface area contributed by atoms with Crippen LogP contribution in [-0.2, 0) is 0 Å². The van der Waals surface area contributed by atoms with Crippen molar-refractivity contribution in [2.24, 2.45) is 0 Å². The third-order valence-corrected chi connectivity index (χ3v) is 2.72. The number of likely N-dealkylation sites (N-methyl/N-ethyl adjacent to an activating group) is 1. The molecule has 0 aromatic heterocycles. The number of halogens is 1. The van der Waals surface area contributed by atoms with Gasteiger partial charge < -0.3 is 5.11 Å². The van der Waals surface area contributed by atoms with Crippen molar-refractivity contribution in [2.75, 3.05) is 20.1 Å². The van der Waals surface area contributed by atoms with E-state index < -0.39 is 0 Å². The Morgan fingerprint density at radius 3 is 2.82 bits per heavy atom. The molecule has 1 aromatic rings. The lowest BCUT2D eigenvalue weighted by Gasteiger charge is -2.16. The highest BCUT2D eigenvalue weighted by Crippen LogP contribution is 2.11. The molecule has 1 aromatic carbocycles. The van der Waals surface area contributed by atoms with Crippen molar-refractivity contribution in [2.45, 2.75) is 19.4 Å². The summed E-state index contributed by atoms with van der Waals surface area (Å²) in [6.07, 6.45) is 0.331. The molecule has 4 heteroatoms. The van der Waals surface area contributed by atoms with E-state index in [2.05, 4.69) is 0 Å². The van der Waals surface area contributed by atoms with Crippen molar-refractivity contribution in [3.8, 4) is 0 Å². The second-order valence-corrected chi connectivity index (χ2v) is 4.75. The van der Waals surface area contributed by atoms with Crippen molar-refractivity contribution < 1.29 is 9.90 Å². The van der Waals surface area contributed by atoms with Gasteiger partial charge in [0.25, 0.3) is 0 Å². The van der Waals surface area contributed by atoms with E-state index in [0.29, 0.717) is 30.1 Å². The smallest absolute Gasteiger partial charge is 0.176 e. The monoisotopic (exact) mass is 255 g/mol. The normalized spacial score (nSPS) is 12.8. The molecule has 0 spiro atoms. The van der Waals surface area contributed by atoms with Crippen LogP contribution in [0.5, 0.6) is 0 Å². The van der Waals surface area contributed by atoms with E-state index in [1.807, 2.05) is 11.9 Å². The second-order valence-electron chi connectivity index (χ2n) is 4.31. The zero-order valence-electron chi connectivity index (χ0n) is 10.2. The molecule has 0 aliphatic heterocycles. The number of aliphatic hydroxyl groups is 1. The molecule has 0 radical (unpaired) electrons. The molecule has 1 unspecified atom stereocenters. The Labute approximate surface area is 107 Å². The third kappa shape index (κ3) is 5.31. The van der Waals surface area contributed by atoms with Gasteiger partial charge in [0, 0.05) is 17.1 Å². The zero-order valence-corrected chi connectivity index (χ0v) is 10.9. The Balaban J connectivity index is 2.49. The SMILES string of the molecule is CC(O)CCN(C)CC(=O)c1cccc(Cl)c1. The van der Waals surface area contributed by atoms with Crippen LogP contribution in [0.15, 0.2) is 24.3 Å². The molecule has 0 aliphatic carbocycles. The van der Waals surface area contributed by atoms with Crippen molar-refractivity contribution in [3.05, 3.63) is 34.9 Å². The fourth-order valence-corrected chi connectivity index (χ4v) is 1.67. The van der Waals surface area contributed by atoms with Crippen LogP contribution < -0.4 is 0 Å². The molecule has 0 amide bonds. The lowest BCUT2D eigenvalue weighted by molar-refractivity contribution is 0.0931. The first-order valence-electron chi connectivity index (χ1n) is 5.64. The van der Waals surface area contributed by atoms with Gasteiger partial charge in [-0.2, -0.15) is 0 Å². The molecular weight excluding hydrogens is 238 g/mol. The molecule has 0 bridgehead atoms. The maximum Gasteiger partial charge on any atom is 0.176 e. The molecular formula is C13H18ClNO2. The zero-order chi connectivity index (χ0) is 12.8. The largest absolute Gasteiger partial charge is 0.393 e. The summed E-state index contributed by atoms with van der Waals surface area (Å²) in [4.78, 5) is 13.8. The van der Waals surface area contributed by atoms with Crippen LogP contribution in [0.4, 0.5) is 0 Å². The summed E-state index contributed by atoms with van der Waals surface area (Å²) in [6.45, 7) is 2.78. The Morgan fingerprint density at radius 1 is 1.53 bits per heavy atom. The summed E-state index contributed by atoms with van der Waals surface area (Å²) in [5.74, 6) is 0.0422. The van der Waals surface area contributed by atoms with Gasteiger partial charge >= 0.3 is 0 Å². The predicted octanol–water partition coefficient (Wildman–Crippen LogP) is 2.23. The maximum atomic E-state index is 11.9. The molecule has 0 aliphatic rings. The average Bonchev–Trinajstić information content (AvgIpc) is 2.26. The minimum absolute atomic E-state index is 0.0422. The van der Waals surface area contributed by atoms with E-state index >= 15 is 0 Å². The van der Waals surface area contributed by atoms with Crippen LogP contribution in [-0.4, -0.2) is 42.0 Å². The van der Waals surface area contributed by atoms with Gasteiger partial charge in [0.15, 0.2) is 5.78 Å². The van der Waals surface area contributed by atoms with Gasteiger partial charge in [0.05, 0.1) is 12.6 Å². The molecule has 1 atom stereocenters. The Hall–Kier alpha value is -0.900. The highest BCUT2D eigenvalue weighted by molar-refractivity contribution is 6.31. The van der Waals surface area contributed by atoms with E-state index in [4.69, 9.17) is 16.7 Å². The highest BCUT2D eigenvalue weighted by atomic mass is 35.5. The highest BCUT2D eigenvalue weighted by Gasteiger charge is 2.10. The average molecular weight is 256 g/mol. The Kier molecular flexibility index (Phi) is 5.62. The maximum absolute atomic E-state index is 11.9. The third-order valence-electron chi connectivity index (χ3n) is 2.49. The van der Waals surface area contributed by atoms with Crippen molar-refractivity contribution in [3.63, 3.8) is 0 Å². The van der Waals surface area contributed by atoms with Crippen LogP contribution in [0.2, 0.25) is 5.02 Å². The van der Waals surface area contributed by atoms with E-state index in [1.54, 1.807) is 31.2 Å². The number of carbonyl (C=O) groups is 1. The van der Waals surface area contributed by atoms with E-state index in [9.17, 15) is 4.79 Å². The van der Waals surface area contributed by atoms with Crippen molar-refractivity contribution >= 4 is 17.4 Å². The number of rotatable bonds is 6. The topological polar surface area (TPSA) is 40.5 Å². The molecule has 3 nitrogen and oxygen atoms in total. The van der Waals surface area contributed by atoms with Crippen molar-refractivity contribution in [1.82, 2.24) is 4.90 Å². The Morgan fingerprint density at radius 2 is 2.24 bits per heavy atom. The first kappa shape index (κ1) is 14.2. The van der Waals surface area contributed by atoms with Gasteiger partial charge in [-0.25, -0.2) is 0 Å². The van der Waals surface area contributed by atoms with Gasteiger partial charge in [-0.1, -0.05) is 23.7 Å². The summed E-state index contributed by atoms with van der Waals surface area (Å²) in [5, 5.41) is 9.73. The molecule has 1 N–H and O–H groups in total. The summed E-state index contributed by atoms with van der Waals surface area (Å²) in [5.41, 5.74) is 0.626. The minimum Gasteiger partial charge on any atom is -0.393 e. The van der Waals surface area contributed by atoms with Crippen LogP contribution in [0.25, 0.3) is 0 Å². The molecule has 17 heavy (non-hydrogen) atoms. The number of Topliss-reactive ketones (excluding diaryl/α,β-unsaturated/α-hetero) is 1. The number of carbonyl (C=O) groups excluding carboxylic acids is 1. The molecule has 0 fully saturated rings. The molecule has 0 saturated heterocycles. The van der Waals surface area contributed by atoms with E-state index in [0.717, 1.165) is 0 Å². The lowest BCUT2D eigenvalue weighted by atomic mass is 10.1. The fraction of sp³-hybridized carbons (Fsp3) is 0.462. The van der Waals surface area contributed by atoms with Crippen LogP contribution >= 0.6 is 11.6 Å². The van der Waals surface area contributed by atoms with Crippen molar-refractivity contribution in [1.29, 1.82) is 0 Å². The van der Waals surface area contributed by atoms with Gasteiger partial charge in [-0.15, -0.1) is 0 Å². The quantitative estimate of drug-likeness (QED) is 0.793. The van der Waals surface area contributed by atoms with Gasteiger partial charge in [0.2, 0.25) is 0 Å². The van der Waals surface area contributed by atoms with E-state index in [1.165, 1.54) is 0 Å². The summed E-state index contributed by atoms with van der Waals surface area (Å²) in [7, 11) is 1.87. The fourth-order valence-electron chi connectivity index (χ4n) is 1.48. The molecule has 1 rings (SSSR count). The Bertz CT molecular complexity index is 379. The van der Waals surface area contributed by atoms with Gasteiger partial charge in [-0.05, 0) is 32.5 Å². The van der Waals surface area contributed by atoms with E-state index in [-0.39, 0.29) is 11.9 Å². The van der Waals surface area contributed by atoms with Crippen LogP contribution in [0, 0.1) is 0 Å². The first-order chi connectivity index (χ1) is 7.99. The standard InChI is InChI=1S/C13H18ClNO2/c1-10(16)6-7-15(2)9-13(17)11-4-3-5-12(14)8-11/h3-5,8,10,16H,6-7,9H2,1-2H3. The number of ketones is 1. The minimum atomic E-state index is -0.335. The number of nitrogens with zero attached hydrogens (tertiary/aromatic N) is 1. The second kappa shape index (κ2) is 6.74.